The number of non-ortho nitro benzene ring substituents is 1. The Morgan fingerprint density at radius 1 is 1.23 bits per heavy atom. The van der Waals surface area contributed by atoms with Crippen LogP contribution in [0.2, 0.25) is 0 Å². The van der Waals surface area contributed by atoms with Crippen molar-refractivity contribution in [2.24, 2.45) is 0 Å². The predicted octanol–water partition coefficient (Wildman–Crippen LogP) is 3.49. The Balaban J connectivity index is 1.82. The molecule has 3 rings (SSSR count). The van der Waals surface area contributed by atoms with Crippen molar-refractivity contribution < 1.29 is 4.92 Å². The van der Waals surface area contributed by atoms with Crippen LogP contribution in [0.15, 0.2) is 72.7 Å². The first-order valence-corrected chi connectivity index (χ1v) is 6.99. The van der Waals surface area contributed by atoms with Crippen LogP contribution in [0.3, 0.4) is 0 Å². The molecule has 2 aromatic rings. The molecular weight excluding hydrogens is 278 g/mol. The highest BCUT2D eigenvalue weighted by Crippen LogP contribution is 2.24. The highest BCUT2D eigenvalue weighted by atomic mass is 16.6. The van der Waals surface area contributed by atoms with Crippen LogP contribution in [-0.2, 0) is 6.42 Å². The summed E-state index contributed by atoms with van der Waals surface area (Å²) in [5.74, 6) is 0. The van der Waals surface area contributed by atoms with Gasteiger partial charge in [-0.3, -0.25) is 15.1 Å². The summed E-state index contributed by atoms with van der Waals surface area (Å²) >= 11 is 0. The van der Waals surface area contributed by atoms with E-state index in [-0.39, 0.29) is 10.6 Å². The number of hydrogen-bond donors (Lipinski definition) is 0. The summed E-state index contributed by atoms with van der Waals surface area (Å²) in [5, 5.41) is 10.9. The lowest BCUT2D eigenvalue weighted by Gasteiger charge is -2.23. The second-order valence-corrected chi connectivity index (χ2v) is 5.07. The highest BCUT2D eigenvalue weighted by Gasteiger charge is 2.12. The van der Waals surface area contributed by atoms with Crippen LogP contribution in [0, 0.1) is 10.1 Å². The van der Waals surface area contributed by atoms with Crippen LogP contribution >= 0.6 is 0 Å². The van der Waals surface area contributed by atoms with Crippen molar-refractivity contribution in [2.75, 3.05) is 11.4 Å². The normalized spacial score (nSPS) is 13.8. The third kappa shape index (κ3) is 3.20. The molecule has 0 saturated heterocycles. The van der Waals surface area contributed by atoms with Gasteiger partial charge in [-0.25, -0.2) is 0 Å². The van der Waals surface area contributed by atoms with Crippen molar-refractivity contribution in [1.82, 2.24) is 4.98 Å². The number of aromatic nitrogens is 1. The molecule has 22 heavy (non-hydrogen) atoms. The van der Waals surface area contributed by atoms with Gasteiger partial charge >= 0.3 is 0 Å². The molecule has 0 atom stereocenters. The molecule has 0 fully saturated rings. The SMILES string of the molecule is O=[N+]([O-])c1cccc(N2C=C(Cc3ccncc3)C=CC2)c1. The summed E-state index contributed by atoms with van der Waals surface area (Å²) < 4.78 is 0. The number of anilines is 1. The van der Waals surface area contributed by atoms with E-state index < -0.39 is 0 Å². The third-order valence-corrected chi connectivity index (χ3v) is 3.49. The number of hydrogen-bond acceptors (Lipinski definition) is 4. The van der Waals surface area contributed by atoms with E-state index in [4.69, 9.17) is 0 Å². The molecule has 0 unspecified atom stereocenters. The predicted molar refractivity (Wildman–Crippen MR) is 85.6 cm³/mol. The summed E-state index contributed by atoms with van der Waals surface area (Å²) in [5.41, 5.74) is 3.28. The zero-order valence-corrected chi connectivity index (χ0v) is 11.9. The minimum atomic E-state index is -0.370. The number of nitro benzene ring substituents is 1. The summed E-state index contributed by atoms with van der Waals surface area (Å²) in [4.78, 5) is 16.6. The molecule has 0 bridgehead atoms. The molecule has 1 aromatic heterocycles. The minimum Gasteiger partial charge on any atom is -0.344 e. The van der Waals surface area contributed by atoms with Gasteiger partial charge in [0.1, 0.15) is 0 Å². The van der Waals surface area contributed by atoms with Crippen LogP contribution in [0.25, 0.3) is 0 Å². The van der Waals surface area contributed by atoms with Crippen molar-refractivity contribution in [1.29, 1.82) is 0 Å². The summed E-state index contributed by atoms with van der Waals surface area (Å²) in [6.45, 7) is 0.709. The summed E-state index contributed by atoms with van der Waals surface area (Å²) in [7, 11) is 0. The first-order chi connectivity index (χ1) is 10.7. The Hall–Kier alpha value is -2.95. The lowest BCUT2D eigenvalue weighted by atomic mass is 10.0. The zero-order chi connectivity index (χ0) is 15.4. The number of rotatable bonds is 4. The van der Waals surface area contributed by atoms with E-state index in [0.29, 0.717) is 6.54 Å². The van der Waals surface area contributed by atoms with Gasteiger partial charge in [-0.1, -0.05) is 18.2 Å². The first kappa shape index (κ1) is 14.0. The van der Waals surface area contributed by atoms with Gasteiger partial charge in [0, 0.05) is 43.0 Å². The van der Waals surface area contributed by atoms with Gasteiger partial charge in [-0.2, -0.15) is 0 Å². The average Bonchev–Trinajstić information content (AvgIpc) is 2.56. The molecule has 1 aliphatic rings. The van der Waals surface area contributed by atoms with Gasteiger partial charge in [0.2, 0.25) is 0 Å². The van der Waals surface area contributed by atoms with Gasteiger partial charge in [-0.15, -0.1) is 0 Å². The largest absolute Gasteiger partial charge is 0.344 e. The van der Waals surface area contributed by atoms with E-state index in [0.717, 1.165) is 17.7 Å². The van der Waals surface area contributed by atoms with Crippen molar-refractivity contribution in [2.45, 2.75) is 6.42 Å². The first-order valence-electron chi connectivity index (χ1n) is 6.99. The molecule has 1 aromatic carbocycles. The van der Waals surface area contributed by atoms with E-state index in [9.17, 15) is 10.1 Å². The fourth-order valence-electron chi connectivity index (χ4n) is 2.42. The minimum absolute atomic E-state index is 0.108. The highest BCUT2D eigenvalue weighted by molar-refractivity contribution is 5.57. The van der Waals surface area contributed by atoms with E-state index in [1.165, 1.54) is 11.6 Å². The molecule has 0 aliphatic carbocycles. The molecule has 110 valence electrons. The number of nitro groups is 1. The maximum Gasteiger partial charge on any atom is 0.271 e. The molecular formula is C17H15N3O2. The summed E-state index contributed by atoms with van der Waals surface area (Å²) in [6.07, 6.45) is 10.6. The average molecular weight is 293 g/mol. The molecule has 2 heterocycles. The lowest BCUT2D eigenvalue weighted by Crippen LogP contribution is -2.19. The van der Waals surface area contributed by atoms with Gasteiger partial charge < -0.3 is 4.90 Å². The van der Waals surface area contributed by atoms with Gasteiger partial charge in [0.05, 0.1) is 4.92 Å². The number of allylic oxidation sites excluding steroid dienone is 2. The number of pyridine rings is 1. The number of nitrogens with zero attached hydrogens (tertiary/aromatic N) is 3. The Kier molecular flexibility index (Phi) is 3.96. The van der Waals surface area contributed by atoms with Crippen molar-refractivity contribution >= 4 is 11.4 Å². The van der Waals surface area contributed by atoms with Gasteiger partial charge in [0.25, 0.3) is 5.69 Å². The van der Waals surface area contributed by atoms with E-state index >= 15 is 0 Å². The van der Waals surface area contributed by atoms with Crippen LogP contribution in [0.1, 0.15) is 5.56 Å². The zero-order valence-electron chi connectivity index (χ0n) is 11.9. The van der Waals surface area contributed by atoms with Gasteiger partial charge in [-0.05, 0) is 35.8 Å². The van der Waals surface area contributed by atoms with E-state index in [1.54, 1.807) is 24.5 Å². The molecule has 0 N–H and O–H groups in total. The van der Waals surface area contributed by atoms with Crippen LogP contribution in [0.4, 0.5) is 11.4 Å². The molecule has 5 heteroatoms. The van der Waals surface area contributed by atoms with Crippen molar-refractivity contribution in [3.05, 3.63) is 88.4 Å². The Morgan fingerprint density at radius 3 is 2.82 bits per heavy atom. The second kappa shape index (κ2) is 6.22. The Morgan fingerprint density at radius 2 is 2.05 bits per heavy atom. The fourth-order valence-corrected chi connectivity index (χ4v) is 2.42. The quantitative estimate of drug-likeness (QED) is 0.639. The maximum absolute atomic E-state index is 10.9. The molecule has 0 saturated carbocycles. The molecule has 1 aliphatic heterocycles. The monoisotopic (exact) mass is 293 g/mol. The topological polar surface area (TPSA) is 59.3 Å². The van der Waals surface area contributed by atoms with Crippen LogP contribution in [-0.4, -0.2) is 16.5 Å². The Bertz CT molecular complexity index is 739. The van der Waals surface area contributed by atoms with Crippen molar-refractivity contribution in [3.63, 3.8) is 0 Å². The van der Waals surface area contributed by atoms with Gasteiger partial charge in [0.15, 0.2) is 0 Å². The fraction of sp³-hybridized carbons (Fsp3) is 0.118. The van der Waals surface area contributed by atoms with Crippen LogP contribution < -0.4 is 4.90 Å². The molecule has 5 nitrogen and oxygen atoms in total. The van der Waals surface area contributed by atoms with E-state index in [1.807, 2.05) is 29.3 Å². The van der Waals surface area contributed by atoms with Crippen molar-refractivity contribution in [3.8, 4) is 0 Å². The standard InChI is InChI=1S/C17H15N3O2/c21-20(22)17-5-1-4-16(12-17)19-10-2-3-15(13-19)11-14-6-8-18-9-7-14/h1-9,12-13H,10-11H2. The van der Waals surface area contributed by atoms with E-state index in [2.05, 4.69) is 17.1 Å². The second-order valence-electron chi connectivity index (χ2n) is 5.07. The maximum atomic E-state index is 10.9. The third-order valence-electron chi connectivity index (χ3n) is 3.49. The van der Waals surface area contributed by atoms with Crippen LogP contribution in [0.5, 0.6) is 0 Å². The molecule has 0 radical (unpaired) electrons. The molecule has 0 spiro atoms. The smallest absolute Gasteiger partial charge is 0.271 e. The summed E-state index contributed by atoms with van der Waals surface area (Å²) in [6, 6.07) is 10.7. The Labute approximate surface area is 128 Å². The number of benzene rings is 1. The lowest BCUT2D eigenvalue weighted by molar-refractivity contribution is -0.384. The molecule has 0 amide bonds.